The van der Waals surface area contributed by atoms with Gasteiger partial charge in [0.25, 0.3) is 0 Å². The van der Waals surface area contributed by atoms with E-state index in [2.05, 4.69) is 57.2 Å². The van der Waals surface area contributed by atoms with E-state index in [1.54, 1.807) is 12.4 Å². The van der Waals surface area contributed by atoms with Gasteiger partial charge in [-0.25, -0.2) is 9.97 Å². The molecule has 7 aromatic rings. The van der Waals surface area contributed by atoms with E-state index >= 15 is 0 Å². The van der Waals surface area contributed by atoms with Crippen molar-refractivity contribution in [2.45, 2.75) is 6.92 Å². The molecule has 0 bridgehead atoms. The summed E-state index contributed by atoms with van der Waals surface area (Å²) in [5, 5.41) is 0. The van der Waals surface area contributed by atoms with E-state index in [-0.39, 0.29) is 0 Å². The van der Waals surface area contributed by atoms with Crippen molar-refractivity contribution in [2.24, 2.45) is 0 Å². The van der Waals surface area contributed by atoms with Crippen molar-refractivity contribution >= 4 is 22.2 Å². The summed E-state index contributed by atoms with van der Waals surface area (Å²) in [7, 11) is 0. The zero-order chi connectivity index (χ0) is 24.8. The standard InChI is InChI=1S/C31H20N4O2/c1-19-10-20(22-13-24(17-32-15-22)30-34-26-6-2-4-8-28(26)36-30)12-21(11-19)23-14-25(18-33-16-23)31-35-27-7-3-5-9-29(27)37-31/h2-18H,1H3. The first-order valence-corrected chi connectivity index (χ1v) is 11.9. The van der Waals surface area contributed by atoms with Crippen LogP contribution in [0.2, 0.25) is 0 Å². The van der Waals surface area contributed by atoms with Crippen molar-refractivity contribution in [1.82, 2.24) is 19.9 Å². The van der Waals surface area contributed by atoms with E-state index in [1.807, 2.05) is 60.9 Å². The van der Waals surface area contributed by atoms with Crippen LogP contribution in [-0.2, 0) is 0 Å². The van der Waals surface area contributed by atoms with Gasteiger partial charge in [-0.3, -0.25) is 9.97 Å². The van der Waals surface area contributed by atoms with Gasteiger partial charge in [-0.15, -0.1) is 0 Å². The number of para-hydroxylation sites is 4. The van der Waals surface area contributed by atoms with Gasteiger partial charge in [-0.2, -0.15) is 0 Å². The number of hydrogen-bond donors (Lipinski definition) is 0. The fourth-order valence-electron chi connectivity index (χ4n) is 4.54. The summed E-state index contributed by atoms with van der Waals surface area (Å²) in [5.41, 5.74) is 10.0. The molecule has 0 spiro atoms. The Morgan fingerprint density at radius 1 is 0.486 bits per heavy atom. The predicted molar refractivity (Wildman–Crippen MR) is 144 cm³/mol. The molecule has 0 unspecified atom stereocenters. The van der Waals surface area contributed by atoms with Gasteiger partial charge in [0, 0.05) is 35.9 Å². The van der Waals surface area contributed by atoms with Crippen LogP contribution in [0.15, 0.2) is 112 Å². The number of oxazole rings is 2. The number of rotatable bonds is 4. The van der Waals surface area contributed by atoms with Gasteiger partial charge in [-0.1, -0.05) is 36.4 Å². The Kier molecular flexibility index (Phi) is 4.89. The van der Waals surface area contributed by atoms with Crippen LogP contribution in [0.25, 0.3) is 67.4 Å². The van der Waals surface area contributed by atoms with E-state index in [0.717, 1.165) is 61.1 Å². The molecule has 0 N–H and O–H groups in total. The highest BCUT2D eigenvalue weighted by molar-refractivity contribution is 5.80. The van der Waals surface area contributed by atoms with Gasteiger partial charge in [0.15, 0.2) is 11.2 Å². The SMILES string of the molecule is Cc1cc(-c2cncc(-c3nc4ccccc4o3)c2)cc(-c2cncc(-c3nc4ccccc4o3)c2)c1. The largest absolute Gasteiger partial charge is 0.436 e. The van der Waals surface area contributed by atoms with Crippen molar-refractivity contribution in [1.29, 1.82) is 0 Å². The van der Waals surface area contributed by atoms with Gasteiger partial charge >= 0.3 is 0 Å². The fraction of sp³-hybridized carbons (Fsp3) is 0.0323. The summed E-state index contributed by atoms with van der Waals surface area (Å²) < 4.78 is 11.9. The van der Waals surface area contributed by atoms with Crippen LogP contribution >= 0.6 is 0 Å². The molecule has 0 amide bonds. The number of aryl methyl sites for hydroxylation is 1. The molecule has 6 nitrogen and oxygen atoms in total. The molecule has 37 heavy (non-hydrogen) atoms. The molecule has 4 aromatic heterocycles. The first-order valence-electron chi connectivity index (χ1n) is 11.9. The van der Waals surface area contributed by atoms with Gasteiger partial charge < -0.3 is 8.83 Å². The lowest BCUT2D eigenvalue weighted by atomic mass is 9.97. The molecule has 7 rings (SSSR count). The zero-order valence-corrected chi connectivity index (χ0v) is 19.9. The maximum atomic E-state index is 5.96. The van der Waals surface area contributed by atoms with E-state index in [4.69, 9.17) is 8.83 Å². The Morgan fingerprint density at radius 2 is 0.919 bits per heavy atom. The van der Waals surface area contributed by atoms with Crippen LogP contribution < -0.4 is 0 Å². The van der Waals surface area contributed by atoms with Crippen LogP contribution in [0.1, 0.15) is 5.56 Å². The Morgan fingerprint density at radius 3 is 1.41 bits per heavy atom. The lowest BCUT2D eigenvalue weighted by molar-refractivity contribution is 0.619. The third-order valence-electron chi connectivity index (χ3n) is 6.30. The molecule has 176 valence electrons. The van der Waals surface area contributed by atoms with E-state index in [9.17, 15) is 0 Å². The number of pyridine rings is 2. The highest BCUT2D eigenvalue weighted by Gasteiger charge is 2.13. The third-order valence-corrected chi connectivity index (χ3v) is 6.30. The minimum atomic E-state index is 0.554. The van der Waals surface area contributed by atoms with Crippen LogP contribution in [0.4, 0.5) is 0 Å². The van der Waals surface area contributed by atoms with Crippen molar-refractivity contribution in [3.05, 3.63) is 109 Å². The molecule has 0 saturated heterocycles. The summed E-state index contributed by atoms with van der Waals surface area (Å²) in [6.45, 7) is 2.09. The molecule has 0 atom stereocenters. The zero-order valence-electron chi connectivity index (χ0n) is 19.9. The number of hydrogen-bond acceptors (Lipinski definition) is 6. The lowest BCUT2D eigenvalue weighted by Crippen LogP contribution is -1.89. The molecule has 0 aliphatic carbocycles. The smallest absolute Gasteiger partial charge is 0.228 e. The van der Waals surface area contributed by atoms with Crippen LogP contribution in [0.5, 0.6) is 0 Å². The maximum absolute atomic E-state index is 5.96. The second-order valence-electron chi connectivity index (χ2n) is 8.99. The van der Waals surface area contributed by atoms with Gasteiger partial charge in [0.2, 0.25) is 11.8 Å². The number of fused-ring (bicyclic) bond motifs is 2. The Labute approximate surface area is 212 Å². The summed E-state index contributed by atoms with van der Waals surface area (Å²) in [6.07, 6.45) is 7.27. The normalized spacial score (nSPS) is 11.4. The van der Waals surface area contributed by atoms with Crippen LogP contribution in [-0.4, -0.2) is 19.9 Å². The summed E-state index contributed by atoms with van der Waals surface area (Å²) in [5.74, 6) is 1.11. The summed E-state index contributed by atoms with van der Waals surface area (Å²) in [4.78, 5) is 18.2. The Balaban J connectivity index is 1.27. The van der Waals surface area contributed by atoms with Gasteiger partial charge in [-0.05, 0) is 66.1 Å². The minimum absolute atomic E-state index is 0.554. The molecule has 0 radical (unpaired) electrons. The maximum Gasteiger partial charge on any atom is 0.228 e. The van der Waals surface area contributed by atoms with Crippen molar-refractivity contribution in [3.63, 3.8) is 0 Å². The summed E-state index contributed by atoms with van der Waals surface area (Å²) in [6, 6.07) is 26.0. The first kappa shape index (κ1) is 21.2. The van der Waals surface area contributed by atoms with E-state index in [1.165, 1.54) is 0 Å². The highest BCUT2D eigenvalue weighted by atomic mass is 16.4. The first-order chi connectivity index (χ1) is 18.2. The molecule has 6 heteroatoms. The van der Waals surface area contributed by atoms with Crippen molar-refractivity contribution in [2.75, 3.05) is 0 Å². The molecule has 0 aliphatic heterocycles. The molecular weight excluding hydrogens is 460 g/mol. The van der Waals surface area contributed by atoms with E-state index in [0.29, 0.717) is 11.8 Å². The second-order valence-corrected chi connectivity index (χ2v) is 8.99. The molecule has 0 saturated carbocycles. The lowest BCUT2D eigenvalue weighted by Gasteiger charge is -2.09. The van der Waals surface area contributed by atoms with Gasteiger partial charge in [0.1, 0.15) is 11.0 Å². The third kappa shape index (κ3) is 3.94. The second kappa shape index (κ2) is 8.53. The average Bonchev–Trinajstić information content (AvgIpc) is 3.58. The molecule has 3 aromatic carbocycles. The number of benzene rings is 3. The monoisotopic (exact) mass is 480 g/mol. The quantitative estimate of drug-likeness (QED) is 0.256. The topological polar surface area (TPSA) is 77.8 Å². The molecular formula is C31H20N4O2. The molecule has 4 heterocycles. The van der Waals surface area contributed by atoms with E-state index < -0.39 is 0 Å². The van der Waals surface area contributed by atoms with Crippen molar-refractivity contribution in [3.8, 4) is 45.2 Å². The minimum Gasteiger partial charge on any atom is -0.436 e. The fourth-order valence-corrected chi connectivity index (χ4v) is 4.54. The van der Waals surface area contributed by atoms with Crippen molar-refractivity contribution < 1.29 is 8.83 Å². The average molecular weight is 481 g/mol. The highest BCUT2D eigenvalue weighted by Crippen LogP contribution is 2.33. The Bertz CT molecular complexity index is 1720. The van der Waals surface area contributed by atoms with Crippen LogP contribution in [0.3, 0.4) is 0 Å². The van der Waals surface area contributed by atoms with Crippen LogP contribution in [0, 0.1) is 6.92 Å². The number of aromatic nitrogens is 4. The molecule has 0 fully saturated rings. The predicted octanol–water partition coefficient (Wildman–Crippen LogP) is 7.74. The number of nitrogens with zero attached hydrogens (tertiary/aromatic N) is 4. The van der Waals surface area contributed by atoms with Gasteiger partial charge in [0.05, 0.1) is 11.1 Å². The molecule has 0 aliphatic rings. The summed E-state index contributed by atoms with van der Waals surface area (Å²) >= 11 is 0. The Hall–Kier alpha value is -5.10.